The number of aromatic nitrogens is 1. The molecule has 44 heavy (non-hydrogen) atoms. The van der Waals surface area contributed by atoms with E-state index in [9.17, 15) is 24.3 Å². The Labute approximate surface area is 257 Å². The first kappa shape index (κ1) is 30.7. The standard InChI is InChI=1S/C34H39N5O5/c40-31(20-24-8-3-1-4-9-24)39-18-16-38(17-19-39)30-14-13-26(21-29(30)37-33(43)25-10-5-2-6-11-25)34(44)36-28(22-32(41)42)27-12-7-15-35-23-27/h1,3-4,7-9,12-15,21,23,25,28H,2,5-6,10-11,16-20,22H2,(H,36,44)(H,37,43)(H,41,42). The average Bonchev–Trinajstić information content (AvgIpc) is 3.05. The number of rotatable bonds is 10. The second-order valence-electron chi connectivity index (χ2n) is 11.5. The van der Waals surface area contributed by atoms with Gasteiger partial charge in [0.1, 0.15) is 0 Å². The third-order valence-corrected chi connectivity index (χ3v) is 8.43. The van der Waals surface area contributed by atoms with Gasteiger partial charge >= 0.3 is 5.97 Å². The number of piperazine rings is 1. The maximum atomic E-state index is 13.4. The minimum atomic E-state index is -1.05. The predicted octanol–water partition coefficient (Wildman–Crippen LogP) is 4.44. The van der Waals surface area contributed by atoms with Gasteiger partial charge in [-0.3, -0.25) is 24.2 Å². The number of anilines is 2. The van der Waals surface area contributed by atoms with E-state index in [2.05, 4.69) is 20.5 Å². The third kappa shape index (κ3) is 8.00. The molecule has 0 bridgehead atoms. The molecule has 1 unspecified atom stereocenters. The molecule has 2 aliphatic rings. The van der Waals surface area contributed by atoms with Gasteiger partial charge in [-0.2, -0.15) is 0 Å². The molecule has 0 spiro atoms. The molecular weight excluding hydrogens is 558 g/mol. The molecule has 230 valence electrons. The molecule has 1 atom stereocenters. The number of benzene rings is 2. The molecule has 3 amide bonds. The summed E-state index contributed by atoms with van der Waals surface area (Å²) in [4.78, 5) is 59.3. The zero-order valence-electron chi connectivity index (χ0n) is 24.8. The van der Waals surface area contributed by atoms with Gasteiger partial charge in [0, 0.05) is 50.1 Å². The summed E-state index contributed by atoms with van der Waals surface area (Å²) in [6.07, 6.45) is 8.03. The van der Waals surface area contributed by atoms with Crippen LogP contribution >= 0.6 is 0 Å². The van der Waals surface area contributed by atoms with Crippen LogP contribution in [0.3, 0.4) is 0 Å². The number of hydrogen-bond acceptors (Lipinski definition) is 6. The van der Waals surface area contributed by atoms with Crippen LogP contribution in [0.4, 0.5) is 11.4 Å². The largest absolute Gasteiger partial charge is 0.481 e. The van der Waals surface area contributed by atoms with Crippen LogP contribution in [0, 0.1) is 5.92 Å². The van der Waals surface area contributed by atoms with Crippen molar-refractivity contribution in [3.8, 4) is 0 Å². The Kier molecular flexibility index (Phi) is 10.2. The van der Waals surface area contributed by atoms with Crippen LogP contribution < -0.4 is 15.5 Å². The second-order valence-corrected chi connectivity index (χ2v) is 11.5. The molecule has 1 aromatic heterocycles. The molecule has 2 aromatic carbocycles. The van der Waals surface area contributed by atoms with Gasteiger partial charge < -0.3 is 25.5 Å². The number of nitrogens with zero attached hydrogens (tertiary/aromatic N) is 3. The molecule has 1 aliphatic heterocycles. The summed E-state index contributed by atoms with van der Waals surface area (Å²) in [6.45, 7) is 2.26. The molecule has 10 nitrogen and oxygen atoms in total. The first-order chi connectivity index (χ1) is 21.4. The summed E-state index contributed by atoms with van der Waals surface area (Å²) in [5.41, 5.74) is 3.20. The van der Waals surface area contributed by atoms with Crippen molar-refractivity contribution in [3.05, 3.63) is 89.7 Å². The van der Waals surface area contributed by atoms with Crippen LogP contribution in [0.2, 0.25) is 0 Å². The van der Waals surface area contributed by atoms with E-state index < -0.39 is 17.9 Å². The fourth-order valence-electron chi connectivity index (χ4n) is 5.98. The number of amides is 3. The normalized spacial score (nSPS) is 16.2. The molecule has 2 fully saturated rings. The van der Waals surface area contributed by atoms with E-state index in [1.807, 2.05) is 41.3 Å². The molecule has 1 aliphatic carbocycles. The number of carbonyl (C=O) groups is 4. The van der Waals surface area contributed by atoms with Gasteiger partial charge in [0.05, 0.1) is 30.3 Å². The van der Waals surface area contributed by atoms with Gasteiger partial charge in [0.15, 0.2) is 0 Å². The van der Waals surface area contributed by atoms with Crippen molar-refractivity contribution in [2.75, 3.05) is 36.4 Å². The lowest BCUT2D eigenvalue weighted by atomic mass is 9.88. The Balaban J connectivity index is 1.33. The van der Waals surface area contributed by atoms with Gasteiger partial charge in [-0.1, -0.05) is 55.7 Å². The van der Waals surface area contributed by atoms with Crippen LogP contribution in [-0.2, 0) is 20.8 Å². The van der Waals surface area contributed by atoms with Crippen molar-refractivity contribution in [2.24, 2.45) is 5.92 Å². The zero-order chi connectivity index (χ0) is 30.9. The second kappa shape index (κ2) is 14.6. The van der Waals surface area contributed by atoms with Crippen molar-refractivity contribution in [1.82, 2.24) is 15.2 Å². The van der Waals surface area contributed by atoms with Crippen LogP contribution in [0.1, 0.15) is 66.1 Å². The maximum Gasteiger partial charge on any atom is 0.305 e. The lowest BCUT2D eigenvalue weighted by Gasteiger charge is -2.37. The molecule has 3 aromatic rings. The first-order valence-electron chi connectivity index (χ1n) is 15.3. The monoisotopic (exact) mass is 597 g/mol. The SMILES string of the molecule is O=C(O)CC(NC(=O)c1ccc(N2CCN(C(=O)Cc3ccccc3)CC2)c(NC(=O)C2CCCCC2)c1)c1cccnc1. The Bertz CT molecular complexity index is 1450. The van der Waals surface area contributed by atoms with E-state index in [4.69, 9.17) is 0 Å². The summed E-state index contributed by atoms with van der Waals surface area (Å²) in [5, 5.41) is 15.4. The Morgan fingerprint density at radius 3 is 2.34 bits per heavy atom. The molecule has 1 saturated heterocycles. The summed E-state index contributed by atoms with van der Waals surface area (Å²) in [7, 11) is 0. The molecule has 0 radical (unpaired) electrons. The molecule has 1 saturated carbocycles. The molecule has 2 heterocycles. The van der Waals surface area contributed by atoms with Crippen molar-refractivity contribution in [3.63, 3.8) is 0 Å². The van der Waals surface area contributed by atoms with E-state index in [1.54, 1.807) is 30.5 Å². The number of carboxylic acid groups (broad SMARTS) is 1. The van der Waals surface area contributed by atoms with E-state index in [1.165, 1.54) is 6.20 Å². The quantitative estimate of drug-likeness (QED) is 0.315. The summed E-state index contributed by atoms with van der Waals surface area (Å²) in [6, 6.07) is 17.5. The maximum absolute atomic E-state index is 13.4. The number of carboxylic acids is 1. The first-order valence-corrected chi connectivity index (χ1v) is 15.3. The lowest BCUT2D eigenvalue weighted by molar-refractivity contribution is -0.137. The fraction of sp³-hybridized carbons (Fsp3) is 0.382. The van der Waals surface area contributed by atoms with Gasteiger partial charge in [-0.25, -0.2) is 0 Å². The third-order valence-electron chi connectivity index (χ3n) is 8.43. The number of carbonyl (C=O) groups excluding carboxylic acids is 3. The highest BCUT2D eigenvalue weighted by atomic mass is 16.4. The van der Waals surface area contributed by atoms with Crippen LogP contribution in [0.25, 0.3) is 0 Å². The van der Waals surface area contributed by atoms with Gasteiger partial charge in [0.25, 0.3) is 5.91 Å². The number of nitrogens with one attached hydrogen (secondary N) is 2. The topological polar surface area (TPSA) is 132 Å². The van der Waals surface area contributed by atoms with Crippen LogP contribution in [-0.4, -0.2) is 64.9 Å². The van der Waals surface area contributed by atoms with Crippen LogP contribution in [0.15, 0.2) is 73.1 Å². The van der Waals surface area contributed by atoms with E-state index in [0.717, 1.165) is 43.4 Å². The molecule has 10 heteroatoms. The van der Waals surface area contributed by atoms with E-state index >= 15 is 0 Å². The summed E-state index contributed by atoms with van der Waals surface area (Å²) >= 11 is 0. The smallest absolute Gasteiger partial charge is 0.305 e. The predicted molar refractivity (Wildman–Crippen MR) is 167 cm³/mol. The van der Waals surface area contributed by atoms with Gasteiger partial charge in [-0.05, 0) is 48.2 Å². The highest BCUT2D eigenvalue weighted by molar-refractivity contribution is 6.01. The summed E-state index contributed by atoms with van der Waals surface area (Å²) in [5.74, 6) is -1.54. The minimum absolute atomic E-state index is 0.0562. The van der Waals surface area contributed by atoms with E-state index in [-0.39, 0.29) is 24.2 Å². The molecular formula is C34H39N5O5. The van der Waals surface area contributed by atoms with Crippen molar-refractivity contribution < 1.29 is 24.3 Å². The zero-order valence-corrected chi connectivity index (χ0v) is 24.8. The fourth-order valence-corrected chi connectivity index (χ4v) is 5.98. The van der Waals surface area contributed by atoms with Gasteiger partial charge in [0.2, 0.25) is 11.8 Å². The Morgan fingerprint density at radius 1 is 0.909 bits per heavy atom. The van der Waals surface area contributed by atoms with Crippen molar-refractivity contribution in [1.29, 1.82) is 0 Å². The van der Waals surface area contributed by atoms with Crippen molar-refractivity contribution in [2.45, 2.75) is 51.0 Å². The van der Waals surface area contributed by atoms with Crippen molar-refractivity contribution >= 4 is 35.1 Å². The highest BCUT2D eigenvalue weighted by Gasteiger charge is 2.27. The summed E-state index contributed by atoms with van der Waals surface area (Å²) < 4.78 is 0. The van der Waals surface area contributed by atoms with Gasteiger partial charge in [-0.15, -0.1) is 0 Å². The number of pyridine rings is 1. The molecule has 5 rings (SSSR count). The number of hydrogen-bond donors (Lipinski definition) is 3. The highest BCUT2D eigenvalue weighted by Crippen LogP contribution is 2.31. The minimum Gasteiger partial charge on any atom is -0.481 e. The van der Waals surface area contributed by atoms with Crippen LogP contribution in [0.5, 0.6) is 0 Å². The van der Waals surface area contributed by atoms with E-state index in [0.29, 0.717) is 49.4 Å². The number of aliphatic carboxylic acids is 1. The molecule has 3 N–H and O–H groups in total. The Hall–Kier alpha value is -4.73. The average molecular weight is 598 g/mol. The lowest BCUT2D eigenvalue weighted by Crippen LogP contribution is -2.49. The Morgan fingerprint density at radius 2 is 1.66 bits per heavy atom.